The van der Waals surface area contributed by atoms with Gasteiger partial charge in [-0.2, -0.15) is 0 Å². The van der Waals surface area contributed by atoms with Crippen LogP contribution >= 0.6 is 0 Å². The fourth-order valence-electron chi connectivity index (χ4n) is 4.16. The van der Waals surface area contributed by atoms with Crippen molar-refractivity contribution in [1.29, 1.82) is 0 Å². The molecule has 1 saturated heterocycles. The number of aliphatic hydroxyl groups is 1. The summed E-state index contributed by atoms with van der Waals surface area (Å²) in [6.45, 7) is 4.70. The summed E-state index contributed by atoms with van der Waals surface area (Å²) in [6.07, 6.45) is 2.23. The molecule has 4 nitrogen and oxygen atoms in total. The Morgan fingerprint density at radius 2 is 1.85 bits per heavy atom. The van der Waals surface area contributed by atoms with E-state index in [1.54, 1.807) is 0 Å². The third-order valence-corrected chi connectivity index (χ3v) is 5.28. The average molecular weight is 369 g/mol. The van der Waals surface area contributed by atoms with Crippen molar-refractivity contribution in [2.24, 2.45) is 5.41 Å². The molecule has 27 heavy (non-hydrogen) atoms. The van der Waals surface area contributed by atoms with E-state index < -0.39 is 0 Å². The largest absolute Gasteiger partial charge is 0.489 e. The zero-order chi connectivity index (χ0) is 19.1. The molecule has 1 fully saturated rings. The van der Waals surface area contributed by atoms with Crippen LogP contribution < -0.4 is 4.74 Å². The SMILES string of the molecule is CN(C)CC1(CO)CCCN(Cc2cccc(OCc3ccccc3)c2)C1. The monoisotopic (exact) mass is 368 g/mol. The molecule has 1 heterocycles. The van der Waals surface area contributed by atoms with Crippen LogP contribution in [0.15, 0.2) is 54.6 Å². The summed E-state index contributed by atoms with van der Waals surface area (Å²) in [5.74, 6) is 0.912. The minimum atomic E-state index is -0.0107. The summed E-state index contributed by atoms with van der Waals surface area (Å²) in [6, 6.07) is 18.6. The summed E-state index contributed by atoms with van der Waals surface area (Å²) in [5, 5.41) is 10.0. The number of hydrogen-bond acceptors (Lipinski definition) is 4. The van der Waals surface area contributed by atoms with Crippen LogP contribution in [0.4, 0.5) is 0 Å². The second kappa shape index (κ2) is 9.36. The van der Waals surface area contributed by atoms with Gasteiger partial charge in [0.15, 0.2) is 0 Å². The van der Waals surface area contributed by atoms with Crippen LogP contribution in [0.1, 0.15) is 24.0 Å². The predicted octanol–water partition coefficient (Wildman–Crippen LogP) is 3.40. The number of hydrogen-bond donors (Lipinski definition) is 1. The quantitative estimate of drug-likeness (QED) is 0.775. The normalized spacial score (nSPS) is 20.7. The Kier molecular flexibility index (Phi) is 6.89. The zero-order valence-corrected chi connectivity index (χ0v) is 16.6. The van der Waals surface area contributed by atoms with Gasteiger partial charge in [-0.25, -0.2) is 0 Å². The van der Waals surface area contributed by atoms with Crippen molar-refractivity contribution in [2.45, 2.75) is 26.0 Å². The summed E-state index contributed by atoms with van der Waals surface area (Å²) < 4.78 is 5.97. The number of nitrogens with zero attached hydrogens (tertiary/aromatic N) is 2. The third kappa shape index (κ3) is 5.80. The lowest BCUT2D eigenvalue weighted by molar-refractivity contribution is 0.0105. The Balaban J connectivity index is 1.60. The maximum absolute atomic E-state index is 10.0. The second-order valence-corrected chi connectivity index (χ2v) is 8.13. The van der Waals surface area contributed by atoms with Crippen LogP contribution in [-0.2, 0) is 13.2 Å². The first-order valence-corrected chi connectivity index (χ1v) is 9.82. The van der Waals surface area contributed by atoms with Crippen LogP contribution in [0.5, 0.6) is 5.75 Å². The van der Waals surface area contributed by atoms with Gasteiger partial charge in [-0.05, 0) is 56.7 Å². The molecule has 4 heteroatoms. The van der Waals surface area contributed by atoms with Gasteiger partial charge in [-0.1, -0.05) is 42.5 Å². The first-order chi connectivity index (χ1) is 13.1. The van der Waals surface area contributed by atoms with Crippen LogP contribution in [0.3, 0.4) is 0 Å². The molecule has 3 rings (SSSR count). The van der Waals surface area contributed by atoms with Crippen molar-refractivity contribution in [3.8, 4) is 5.75 Å². The highest BCUT2D eigenvalue weighted by Crippen LogP contribution is 2.31. The summed E-state index contributed by atoms with van der Waals surface area (Å²) in [5.41, 5.74) is 2.43. The maximum atomic E-state index is 10.0. The smallest absolute Gasteiger partial charge is 0.120 e. The number of likely N-dealkylation sites (tertiary alicyclic amines) is 1. The number of rotatable bonds is 8. The molecule has 0 aromatic heterocycles. The molecule has 0 amide bonds. The minimum absolute atomic E-state index is 0.0107. The summed E-state index contributed by atoms with van der Waals surface area (Å²) >= 11 is 0. The first-order valence-electron chi connectivity index (χ1n) is 9.82. The van der Waals surface area contributed by atoms with Gasteiger partial charge in [0.1, 0.15) is 12.4 Å². The second-order valence-electron chi connectivity index (χ2n) is 8.13. The van der Waals surface area contributed by atoms with Gasteiger partial charge in [0.05, 0.1) is 6.61 Å². The zero-order valence-electron chi connectivity index (χ0n) is 16.6. The van der Waals surface area contributed by atoms with Crippen LogP contribution in [0.2, 0.25) is 0 Å². The molecule has 0 radical (unpaired) electrons. The highest BCUT2D eigenvalue weighted by molar-refractivity contribution is 5.29. The van der Waals surface area contributed by atoms with Gasteiger partial charge in [0.2, 0.25) is 0 Å². The molecule has 2 aromatic rings. The van der Waals surface area contributed by atoms with Crippen molar-refractivity contribution in [2.75, 3.05) is 40.3 Å². The van der Waals surface area contributed by atoms with Gasteiger partial charge < -0.3 is 14.7 Å². The van der Waals surface area contributed by atoms with Gasteiger partial charge in [-0.15, -0.1) is 0 Å². The molecule has 1 unspecified atom stereocenters. The predicted molar refractivity (Wildman–Crippen MR) is 110 cm³/mol. The third-order valence-electron chi connectivity index (χ3n) is 5.28. The van der Waals surface area contributed by atoms with Crippen LogP contribution in [0.25, 0.3) is 0 Å². The topological polar surface area (TPSA) is 35.9 Å². The molecular formula is C23H32N2O2. The van der Waals surface area contributed by atoms with E-state index >= 15 is 0 Å². The molecule has 0 spiro atoms. The van der Waals surface area contributed by atoms with E-state index in [1.165, 1.54) is 11.1 Å². The lowest BCUT2D eigenvalue weighted by Gasteiger charge is -2.43. The molecule has 1 atom stereocenters. The van der Waals surface area contributed by atoms with Crippen molar-refractivity contribution in [1.82, 2.24) is 9.80 Å². The Morgan fingerprint density at radius 1 is 1.07 bits per heavy atom. The molecule has 146 valence electrons. The van der Waals surface area contributed by atoms with Gasteiger partial charge in [0, 0.05) is 25.0 Å². The van der Waals surface area contributed by atoms with Crippen LogP contribution in [0, 0.1) is 5.41 Å². The Hall–Kier alpha value is -1.88. The van der Waals surface area contributed by atoms with Crippen LogP contribution in [-0.4, -0.2) is 55.2 Å². The van der Waals surface area contributed by atoms with E-state index in [4.69, 9.17) is 4.74 Å². The molecule has 1 N–H and O–H groups in total. The fourth-order valence-corrected chi connectivity index (χ4v) is 4.16. The lowest BCUT2D eigenvalue weighted by atomic mass is 9.80. The molecule has 1 aliphatic rings. The highest BCUT2D eigenvalue weighted by Gasteiger charge is 2.35. The standard InChI is InChI=1S/C23H32N2O2/c1-24(2)17-23(19-26)12-7-13-25(18-23)15-21-10-6-11-22(14-21)27-16-20-8-4-3-5-9-20/h3-6,8-11,14,26H,7,12-13,15-19H2,1-2H3. The van der Waals surface area contributed by atoms with Gasteiger partial charge >= 0.3 is 0 Å². The molecular weight excluding hydrogens is 336 g/mol. The molecule has 0 bridgehead atoms. The van der Waals surface area contributed by atoms with Crippen molar-refractivity contribution in [3.63, 3.8) is 0 Å². The summed E-state index contributed by atoms with van der Waals surface area (Å²) in [4.78, 5) is 4.66. The van der Waals surface area contributed by atoms with E-state index in [9.17, 15) is 5.11 Å². The molecule has 0 saturated carbocycles. The van der Waals surface area contributed by atoms with E-state index in [0.29, 0.717) is 6.61 Å². The van der Waals surface area contributed by atoms with Crippen molar-refractivity contribution < 1.29 is 9.84 Å². The molecule has 2 aromatic carbocycles. The average Bonchev–Trinajstić information content (AvgIpc) is 2.67. The van der Waals surface area contributed by atoms with Gasteiger partial charge in [-0.3, -0.25) is 4.90 Å². The molecule has 1 aliphatic heterocycles. The van der Waals surface area contributed by atoms with Crippen molar-refractivity contribution in [3.05, 3.63) is 65.7 Å². The number of ether oxygens (including phenoxy) is 1. The Bertz CT molecular complexity index is 705. The minimum Gasteiger partial charge on any atom is -0.489 e. The number of piperidine rings is 1. The highest BCUT2D eigenvalue weighted by atomic mass is 16.5. The lowest BCUT2D eigenvalue weighted by Crippen LogP contribution is -2.49. The van der Waals surface area contributed by atoms with Gasteiger partial charge in [0.25, 0.3) is 0 Å². The van der Waals surface area contributed by atoms with E-state index in [-0.39, 0.29) is 12.0 Å². The fraction of sp³-hybridized carbons (Fsp3) is 0.478. The van der Waals surface area contributed by atoms with E-state index in [2.05, 4.69) is 54.2 Å². The van der Waals surface area contributed by atoms with E-state index in [1.807, 2.05) is 24.3 Å². The summed E-state index contributed by atoms with van der Waals surface area (Å²) in [7, 11) is 4.17. The van der Waals surface area contributed by atoms with Crippen molar-refractivity contribution >= 4 is 0 Å². The molecule has 0 aliphatic carbocycles. The number of aliphatic hydroxyl groups excluding tert-OH is 1. The Labute approximate surface area is 163 Å². The van der Waals surface area contributed by atoms with E-state index in [0.717, 1.165) is 44.8 Å². The maximum Gasteiger partial charge on any atom is 0.120 e. The first kappa shape index (κ1) is 19.9. The number of benzene rings is 2. The Morgan fingerprint density at radius 3 is 2.59 bits per heavy atom.